The van der Waals surface area contributed by atoms with Crippen molar-refractivity contribution in [1.82, 2.24) is 4.57 Å². The zero-order valence-electron chi connectivity index (χ0n) is 18.8. The number of carbonyl (C=O) groups excluding carboxylic acids is 1. The molecule has 0 aliphatic carbocycles. The molecule has 0 radical (unpaired) electrons. The molecule has 4 aromatic rings. The van der Waals surface area contributed by atoms with Crippen LogP contribution in [0, 0.1) is 0 Å². The van der Waals surface area contributed by atoms with Crippen LogP contribution in [0.4, 0.5) is 0 Å². The van der Waals surface area contributed by atoms with Crippen molar-refractivity contribution >= 4 is 22.8 Å². The van der Waals surface area contributed by atoms with Gasteiger partial charge in [-0.3, -0.25) is 4.79 Å². The molecular formula is C28H26N2O3. The van der Waals surface area contributed by atoms with E-state index in [4.69, 9.17) is 4.74 Å². The molecule has 1 aliphatic heterocycles. The molecule has 2 heterocycles. The molecule has 1 atom stereocenters. The number of aryl methyl sites for hydroxylation is 1. The molecule has 1 N–H and O–H groups in total. The van der Waals surface area contributed by atoms with Crippen molar-refractivity contribution in [3.05, 3.63) is 101 Å². The summed E-state index contributed by atoms with van der Waals surface area (Å²) in [5.41, 5.74) is 4.25. The van der Waals surface area contributed by atoms with E-state index in [0.717, 1.165) is 34.5 Å². The highest BCUT2D eigenvalue weighted by Gasteiger charge is 2.31. The molecule has 0 saturated heterocycles. The standard InChI is InChI=1S/C28H26N2O3/c1-3-30-17-20(21-11-7-8-12-24(21)30)15-26-27(32)22-13-14-25(31)23(28(22)33-26)18-29(2)16-19-9-5-4-6-10-19/h4-15,17,31H,3,16,18H2,1-2H3. The zero-order valence-corrected chi connectivity index (χ0v) is 18.8. The van der Waals surface area contributed by atoms with Gasteiger partial charge in [-0.1, -0.05) is 60.3 Å². The number of quaternary nitrogens is 1. The summed E-state index contributed by atoms with van der Waals surface area (Å²) in [6.45, 7) is 4.18. The Hall–Kier alpha value is -3.83. The number of ketones is 1. The van der Waals surface area contributed by atoms with Crippen LogP contribution in [-0.2, 0) is 19.6 Å². The zero-order chi connectivity index (χ0) is 22.9. The van der Waals surface area contributed by atoms with Crippen LogP contribution in [0.3, 0.4) is 0 Å². The fourth-order valence-electron chi connectivity index (χ4n) is 4.56. The molecule has 0 bridgehead atoms. The molecular weight excluding hydrogens is 412 g/mol. The van der Waals surface area contributed by atoms with E-state index in [9.17, 15) is 9.90 Å². The van der Waals surface area contributed by atoms with Crippen LogP contribution in [0.2, 0.25) is 0 Å². The average Bonchev–Trinajstić information content (AvgIpc) is 3.34. The lowest BCUT2D eigenvalue weighted by Crippen LogP contribution is -3.06. The Labute approximate surface area is 193 Å². The normalized spacial score (nSPS) is 15.1. The fourth-order valence-corrected chi connectivity index (χ4v) is 4.56. The Morgan fingerprint density at radius 2 is 1.76 bits per heavy atom. The Morgan fingerprint density at radius 1 is 1.00 bits per heavy atom. The summed E-state index contributed by atoms with van der Waals surface area (Å²) in [5, 5.41) is 13.8. The second-order valence-corrected chi connectivity index (χ2v) is 8.54. The molecule has 0 amide bonds. The van der Waals surface area contributed by atoms with Crippen molar-refractivity contribution in [3.8, 4) is 11.5 Å². The average molecular weight is 439 g/mol. The maximum absolute atomic E-state index is 13.1. The number of aromatic nitrogens is 1. The van der Waals surface area contributed by atoms with Gasteiger partial charge in [-0.2, -0.15) is 0 Å². The maximum Gasteiger partial charge on any atom is 0.231 e. The van der Waals surface area contributed by atoms with Crippen molar-refractivity contribution in [3.63, 3.8) is 0 Å². The first-order valence-electron chi connectivity index (χ1n) is 11.3. The highest BCUT2D eigenvalue weighted by atomic mass is 16.5. The minimum absolute atomic E-state index is 0.0993. The second kappa shape index (κ2) is 8.60. The van der Waals surface area contributed by atoms with E-state index in [1.807, 2.05) is 49.6 Å². The van der Waals surface area contributed by atoms with E-state index in [1.54, 1.807) is 12.1 Å². The van der Waals surface area contributed by atoms with Crippen LogP contribution in [0.5, 0.6) is 11.5 Å². The lowest BCUT2D eigenvalue weighted by molar-refractivity contribution is -0.907. The van der Waals surface area contributed by atoms with Crippen LogP contribution >= 0.6 is 0 Å². The SMILES string of the molecule is CCn1cc(C=C2Oc3c(ccc([O-])c3C[NH+](C)Cc3ccccc3)C2=O)c2ccccc21. The maximum atomic E-state index is 13.1. The monoisotopic (exact) mass is 438 g/mol. The highest BCUT2D eigenvalue weighted by molar-refractivity contribution is 6.15. The van der Waals surface area contributed by atoms with Gasteiger partial charge in [-0.05, 0) is 25.1 Å². The highest BCUT2D eigenvalue weighted by Crippen LogP contribution is 2.38. The van der Waals surface area contributed by atoms with Gasteiger partial charge in [0, 0.05) is 40.3 Å². The number of Topliss-reactive ketones (excluding diaryl/α,β-unsaturated/α-hetero) is 1. The summed E-state index contributed by atoms with van der Waals surface area (Å²) in [6, 6.07) is 21.3. The van der Waals surface area contributed by atoms with Gasteiger partial charge in [0.15, 0.2) is 5.76 Å². The third kappa shape index (κ3) is 3.92. The van der Waals surface area contributed by atoms with Crippen molar-refractivity contribution < 1.29 is 19.5 Å². The molecule has 1 aliphatic rings. The van der Waals surface area contributed by atoms with Crippen molar-refractivity contribution in [2.45, 2.75) is 26.6 Å². The van der Waals surface area contributed by atoms with Gasteiger partial charge in [0.25, 0.3) is 0 Å². The van der Waals surface area contributed by atoms with E-state index in [2.05, 4.69) is 29.7 Å². The van der Waals surface area contributed by atoms with Gasteiger partial charge in [-0.15, -0.1) is 0 Å². The van der Waals surface area contributed by atoms with Gasteiger partial charge in [0.05, 0.1) is 12.6 Å². The number of rotatable bonds is 6. The minimum Gasteiger partial charge on any atom is -0.872 e. The van der Waals surface area contributed by atoms with E-state index in [1.165, 1.54) is 11.6 Å². The molecule has 0 spiro atoms. The number of carbonyl (C=O) groups is 1. The number of hydrogen-bond donors (Lipinski definition) is 1. The van der Waals surface area contributed by atoms with Gasteiger partial charge in [0.1, 0.15) is 18.8 Å². The molecule has 5 heteroatoms. The summed E-state index contributed by atoms with van der Waals surface area (Å²) >= 11 is 0. The third-order valence-electron chi connectivity index (χ3n) is 6.17. The third-order valence-corrected chi connectivity index (χ3v) is 6.17. The summed E-state index contributed by atoms with van der Waals surface area (Å²) in [6.07, 6.45) is 3.83. The molecule has 166 valence electrons. The molecule has 0 fully saturated rings. The first-order chi connectivity index (χ1) is 16.0. The number of nitrogens with one attached hydrogen (secondary N) is 1. The van der Waals surface area contributed by atoms with E-state index >= 15 is 0 Å². The molecule has 0 saturated carbocycles. The number of hydrogen-bond acceptors (Lipinski definition) is 3. The van der Waals surface area contributed by atoms with Gasteiger partial charge in [-0.25, -0.2) is 0 Å². The van der Waals surface area contributed by atoms with Crippen LogP contribution in [0.15, 0.2) is 78.7 Å². The predicted octanol–water partition coefficient (Wildman–Crippen LogP) is 3.57. The number of ether oxygens (including phenoxy) is 1. The summed E-state index contributed by atoms with van der Waals surface area (Å²) in [7, 11) is 2.04. The molecule has 3 aromatic carbocycles. The lowest BCUT2D eigenvalue weighted by Gasteiger charge is -2.20. The first-order valence-corrected chi connectivity index (χ1v) is 11.3. The smallest absolute Gasteiger partial charge is 0.231 e. The van der Waals surface area contributed by atoms with E-state index in [-0.39, 0.29) is 17.3 Å². The number of fused-ring (bicyclic) bond motifs is 2. The Bertz CT molecular complexity index is 1370. The number of para-hydroxylation sites is 1. The molecule has 1 aromatic heterocycles. The lowest BCUT2D eigenvalue weighted by atomic mass is 10.0. The summed E-state index contributed by atoms with van der Waals surface area (Å²) in [4.78, 5) is 14.3. The van der Waals surface area contributed by atoms with Crippen molar-refractivity contribution in [1.29, 1.82) is 0 Å². The van der Waals surface area contributed by atoms with Crippen molar-refractivity contribution in [2.75, 3.05) is 7.05 Å². The van der Waals surface area contributed by atoms with Gasteiger partial charge < -0.3 is 19.3 Å². The van der Waals surface area contributed by atoms with Gasteiger partial charge >= 0.3 is 0 Å². The first kappa shape index (κ1) is 21.0. The fraction of sp³-hybridized carbons (Fsp3) is 0.179. The predicted molar refractivity (Wildman–Crippen MR) is 127 cm³/mol. The Morgan fingerprint density at radius 3 is 2.55 bits per heavy atom. The summed E-state index contributed by atoms with van der Waals surface area (Å²) < 4.78 is 8.22. The summed E-state index contributed by atoms with van der Waals surface area (Å²) in [5.74, 6) is 0.389. The topological polar surface area (TPSA) is 58.7 Å². The number of nitrogens with zero attached hydrogens (tertiary/aromatic N) is 1. The minimum atomic E-state index is -0.180. The Balaban J connectivity index is 1.46. The van der Waals surface area contributed by atoms with Crippen LogP contribution in [0.1, 0.15) is 34.0 Å². The quantitative estimate of drug-likeness (QED) is 0.468. The Kier molecular flexibility index (Phi) is 5.48. The van der Waals surface area contributed by atoms with Crippen LogP contribution in [0.25, 0.3) is 17.0 Å². The molecule has 5 rings (SSSR count). The van der Waals surface area contributed by atoms with E-state index in [0.29, 0.717) is 23.4 Å². The number of benzene rings is 3. The molecule has 33 heavy (non-hydrogen) atoms. The van der Waals surface area contributed by atoms with Crippen LogP contribution < -0.4 is 14.7 Å². The van der Waals surface area contributed by atoms with Crippen LogP contribution in [-0.4, -0.2) is 17.4 Å². The largest absolute Gasteiger partial charge is 0.872 e. The molecule has 1 unspecified atom stereocenters. The molecule has 5 nitrogen and oxygen atoms in total. The second-order valence-electron chi connectivity index (χ2n) is 8.54. The van der Waals surface area contributed by atoms with Gasteiger partial charge in [0.2, 0.25) is 5.78 Å². The van der Waals surface area contributed by atoms with Crippen molar-refractivity contribution in [2.24, 2.45) is 0 Å². The number of allylic oxidation sites excluding steroid dienone is 1. The van der Waals surface area contributed by atoms with E-state index < -0.39 is 0 Å².